The van der Waals surface area contributed by atoms with Gasteiger partial charge in [0.15, 0.2) is 0 Å². The number of nitrogens with zero attached hydrogens (tertiary/aromatic N) is 2. The highest BCUT2D eigenvalue weighted by Gasteiger charge is 2.65. The maximum Gasteiger partial charge on any atom is 0.223 e. The minimum atomic E-state index is -1.09. The molecule has 3 N–H and O–H groups in total. The zero-order chi connectivity index (χ0) is 23.7. The predicted octanol–water partition coefficient (Wildman–Crippen LogP) is 1.37. The van der Waals surface area contributed by atoms with Crippen LogP contribution in [0.5, 0.6) is 5.75 Å². The smallest absolute Gasteiger partial charge is 0.223 e. The van der Waals surface area contributed by atoms with E-state index in [4.69, 9.17) is 0 Å². The Labute approximate surface area is 201 Å². The normalized spacial score (nSPS) is 35.6. The SMILES string of the molecule is CN1CCN(C(=O)CC2CC3(O)C4Cc5c(CC6CC6)cc(O)cc5C3(CCN4)CC2=O)CC1. The summed E-state index contributed by atoms with van der Waals surface area (Å²) in [6.07, 6.45) is 5.58. The van der Waals surface area contributed by atoms with Crippen LogP contribution in [0.4, 0.5) is 0 Å². The van der Waals surface area contributed by atoms with E-state index in [0.29, 0.717) is 38.3 Å². The second kappa shape index (κ2) is 8.04. The largest absolute Gasteiger partial charge is 0.508 e. The van der Waals surface area contributed by atoms with Crippen LogP contribution in [0.15, 0.2) is 12.1 Å². The molecule has 0 spiro atoms. The van der Waals surface area contributed by atoms with Crippen molar-refractivity contribution in [3.63, 3.8) is 0 Å². The number of hydrogen-bond acceptors (Lipinski definition) is 6. The van der Waals surface area contributed by atoms with Crippen molar-refractivity contribution < 1.29 is 19.8 Å². The summed E-state index contributed by atoms with van der Waals surface area (Å²) in [7, 11) is 2.06. The van der Waals surface area contributed by atoms with E-state index in [1.807, 2.05) is 17.0 Å². The highest BCUT2D eigenvalue weighted by atomic mass is 16.3. The molecule has 2 saturated heterocycles. The second-order valence-corrected chi connectivity index (χ2v) is 11.7. The molecule has 4 unspecified atom stereocenters. The third kappa shape index (κ3) is 3.50. The first-order chi connectivity index (χ1) is 16.3. The Morgan fingerprint density at radius 1 is 1.21 bits per heavy atom. The number of amides is 1. The molecule has 4 fully saturated rings. The molecule has 3 aliphatic carbocycles. The number of Topliss-reactive ketones (excluding diaryl/α,β-unsaturated/α-hetero) is 1. The third-order valence-corrected chi connectivity index (χ3v) is 9.57. The molecule has 34 heavy (non-hydrogen) atoms. The molecule has 0 radical (unpaired) electrons. The molecule has 6 rings (SSSR count). The first-order valence-electron chi connectivity index (χ1n) is 13.1. The number of ketones is 1. The molecule has 0 aromatic heterocycles. The van der Waals surface area contributed by atoms with Crippen LogP contribution in [0.25, 0.3) is 0 Å². The summed E-state index contributed by atoms with van der Waals surface area (Å²) < 4.78 is 0. The van der Waals surface area contributed by atoms with Crippen molar-refractivity contribution in [2.24, 2.45) is 11.8 Å². The van der Waals surface area contributed by atoms with E-state index in [2.05, 4.69) is 17.3 Å². The Kier molecular flexibility index (Phi) is 5.32. The number of benzene rings is 1. The van der Waals surface area contributed by atoms with Crippen molar-refractivity contribution in [2.75, 3.05) is 39.8 Å². The first kappa shape index (κ1) is 22.5. The number of hydrogen-bond donors (Lipinski definition) is 3. The number of likely N-dealkylation sites (N-methyl/N-ethyl adjacent to an activating group) is 1. The molecular formula is C27H37N3O4. The van der Waals surface area contributed by atoms with Crippen LogP contribution >= 0.6 is 0 Å². The highest BCUT2D eigenvalue weighted by Crippen LogP contribution is 2.58. The van der Waals surface area contributed by atoms with E-state index >= 15 is 0 Å². The van der Waals surface area contributed by atoms with Crippen molar-refractivity contribution in [2.45, 2.75) is 68.4 Å². The Hall–Kier alpha value is -1.96. The number of aromatic hydroxyl groups is 1. The molecule has 2 saturated carbocycles. The molecule has 1 aromatic carbocycles. The average molecular weight is 468 g/mol. The maximum absolute atomic E-state index is 13.6. The number of phenols is 1. The molecule has 5 aliphatic rings. The lowest BCUT2D eigenvalue weighted by molar-refractivity contribution is -0.162. The monoisotopic (exact) mass is 467 g/mol. The summed E-state index contributed by atoms with van der Waals surface area (Å²) in [5, 5.41) is 26.5. The molecule has 4 atom stereocenters. The van der Waals surface area contributed by atoms with Crippen molar-refractivity contribution in [1.82, 2.24) is 15.1 Å². The Morgan fingerprint density at radius 2 is 1.97 bits per heavy atom. The van der Waals surface area contributed by atoms with Crippen molar-refractivity contribution >= 4 is 11.7 Å². The van der Waals surface area contributed by atoms with E-state index in [1.54, 1.807) is 0 Å². The van der Waals surface area contributed by atoms with E-state index in [9.17, 15) is 19.8 Å². The number of fused-ring (bicyclic) bond motifs is 1. The minimum Gasteiger partial charge on any atom is -0.508 e. The van der Waals surface area contributed by atoms with Crippen molar-refractivity contribution in [3.8, 4) is 5.75 Å². The summed E-state index contributed by atoms with van der Waals surface area (Å²) in [4.78, 5) is 30.7. The number of carbonyl (C=O) groups excluding carboxylic acids is 2. The second-order valence-electron chi connectivity index (χ2n) is 11.7. The van der Waals surface area contributed by atoms with Crippen LogP contribution in [0.2, 0.25) is 0 Å². The average Bonchev–Trinajstić information content (AvgIpc) is 3.60. The van der Waals surface area contributed by atoms with Crippen LogP contribution in [0.1, 0.15) is 55.2 Å². The van der Waals surface area contributed by atoms with Crippen LogP contribution in [0, 0.1) is 11.8 Å². The standard InChI is InChI=1S/C27H37N3O4/c1-29-6-8-30(9-7-29)25(33)12-19-15-27(34)24-14-21-18(10-17-2-3-17)11-20(31)13-22(21)26(27,4-5-28-24)16-23(19)32/h11,13,17,19,24,28,31,34H,2-10,12,14-16H2,1H3. The number of piperazine rings is 1. The molecule has 2 bridgehead atoms. The van der Waals surface area contributed by atoms with Crippen molar-refractivity contribution in [1.29, 1.82) is 0 Å². The van der Waals surface area contributed by atoms with Gasteiger partial charge >= 0.3 is 0 Å². The van der Waals surface area contributed by atoms with Gasteiger partial charge in [0.2, 0.25) is 5.91 Å². The molecule has 1 aromatic rings. The summed E-state index contributed by atoms with van der Waals surface area (Å²) in [6.45, 7) is 3.86. The Balaban J connectivity index is 1.31. The fraction of sp³-hybridized carbons (Fsp3) is 0.704. The van der Waals surface area contributed by atoms with Gasteiger partial charge in [-0.15, -0.1) is 0 Å². The lowest BCUT2D eigenvalue weighted by Gasteiger charge is -2.62. The van der Waals surface area contributed by atoms with E-state index in [-0.39, 0.29) is 36.3 Å². The molecular weight excluding hydrogens is 430 g/mol. The Bertz CT molecular complexity index is 1020. The van der Waals surface area contributed by atoms with Gasteiger partial charge in [0.25, 0.3) is 0 Å². The van der Waals surface area contributed by atoms with Crippen LogP contribution in [0.3, 0.4) is 0 Å². The lowest BCUT2D eigenvalue weighted by Crippen LogP contribution is -2.73. The number of nitrogens with one attached hydrogen (secondary N) is 1. The summed E-state index contributed by atoms with van der Waals surface area (Å²) >= 11 is 0. The molecule has 1 amide bonds. The highest BCUT2D eigenvalue weighted by molar-refractivity contribution is 5.89. The topological polar surface area (TPSA) is 93.1 Å². The van der Waals surface area contributed by atoms with Gasteiger partial charge in [-0.05, 0) is 86.9 Å². The van der Waals surface area contributed by atoms with Crippen LogP contribution in [-0.4, -0.2) is 83.1 Å². The quantitative estimate of drug-likeness (QED) is 0.620. The third-order valence-electron chi connectivity index (χ3n) is 9.57. The zero-order valence-electron chi connectivity index (χ0n) is 20.2. The van der Waals surface area contributed by atoms with Gasteiger partial charge in [-0.1, -0.05) is 0 Å². The summed E-state index contributed by atoms with van der Waals surface area (Å²) in [6, 6.07) is 3.59. The molecule has 7 nitrogen and oxygen atoms in total. The number of piperidine rings is 1. The number of aliphatic hydroxyl groups is 1. The van der Waals surface area contributed by atoms with Gasteiger partial charge in [-0.3, -0.25) is 9.59 Å². The number of phenolic OH excluding ortho intramolecular Hbond substituents is 1. The van der Waals surface area contributed by atoms with E-state index in [0.717, 1.165) is 31.6 Å². The van der Waals surface area contributed by atoms with Gasteiger partial charge in [0.05, 0.1) is 5.60 Å². The predicted molar refractivity (Wildman–Crippen MR) is 128 cm³/mol. The maximum atomic E-state index is 13.6. The van der Waals surface area contributed by atoms with Gasteiger partial charge in [-0.25, -0.2) is 0 Å². The fourth-order valence-corrected chi connectivity index (χ4v) is 7.38. The molecule has 2 aliphatic heterocycles. The summed E-state index contributed by atoms with van der Waals surface area (Å²) in [5.74, 6) is 0.604. The minimum absolute atomic E-state index is 0.0321. The molecule has 2 heterocycles. The first-order valence-corrected chi connectivity index (χ1v) is 13.1. The van der Waals surface area contributed by atoms with Crippen LogP contribution < -0.4 is 5.32 Å². The Morgan fingerprint density at radius 3 is 2.71 bits per heavy atom. The van der Waals surface area contributed by atoms with E-state index < -0.39 is 16.9 Å². The number of carbonyl (C=O) groups is 2. The van der Waals surface area contributed by atoms with Gasteiger partial charge < -0.3 is 25.3 Å². The van der Waals surface area contributed by atoms with Gasteiger partial charge in [0.1, 0.15) is 11.5 Å². The molecule has 7 heteroatoms. The van der Waals surface area contributed by atoms with E-state index in [1.165, 1.54) is 24.0 Å². The van der Waals surface area contributed by atoms with Crippen LogP contribution in [-0.2, 0) is 27.8 Å². The fourth-order valence-electron chi connectivity index (χ4n) is 7.38. The van der Waals surface area contributed by atoms with Gasteiger partial charge in [0, 0.05) is 56.4 Å². The van der Waals surface area contributed by atoms with Gasteiger partial charge in [-0.2, -0.15) is 0 Å². The number of rotatable bonds is 4. The van der Waals surface area contributed by atoms with Crippen molar-refractivity contribution in [3.05, 3.63) is 28.8 Å². The lowest BCUT2D eigenvalue weighted by atomic mass is 9.47. The molecule has 184 valence electrons. The zero-order valence-corrected chi connectivity index (χ0v) is 20.2. The summed E-state index contributed by atoms with van der Waals surface area (Å²) in [5.41, 5.74) is 1.63.